The van der Waals surface area contributed by atoms with Gasteiger partial charge in [0.05, 0.1) is 4.90 Å². The second-order valence-corrected chi connectivity index (χ2v) is 3.66. The van der Waals surface area contributed by atoms with Crippen LogP contribution >= 0.6 is 35.4 Å². The summed E-state index contributed by atoms with van der Waals surface area (Å²) in [5.74, 6) is 0. The maximum Gasteiger partial charge on any atom is 0.142 e. The van der Waals surface area contributed by atoms with Crippen molar-refractivity contribution in [3.8, 4) is 0 Å². The zero-order valence-electron chi connectivity index (χ0n) is 3.70. The summed E-state index contributed by atoms with van der Waals surface area (Å²) in [5, 5.41) is 3.09. The summed E-state index contributed by atoms with van der Waals surface area (Å²) in [6.07, 6.45) is 0. The monoisotopic (exact) mass is 161 g/mol. The molecule has 41 valence electrons. The van der Waals surface area contributed by atoms with Gasteiger partial charge in [-0.15, -0.1) is 0 Å². The van der Waals surface area contributed by atoms with Crippen molar-refractivity contribution in [1.82, 2.24) is 8.50 Å². The average Bonchev–Trinajstić information content (AvgIpc) is 2.15. The maximum atomic E-state index is 4.09. The molecular weight excluding hydrogens is 160 g/mol. The third kappa shape index (κ3) is 0.663. The van der Waals surface area contributed by atoms with Crippen LogP contribution in [-0.2, 0) is 0 Å². The van der Waals surface area contributed by atoms with Gasteiger partial charge in [0.25, 0.3) is 0 Å². The lowest BCUT2D eigenvalue weighted by Gasteiger charge is -1.74. The van der Waals surface area contributed by atoms with E-state index in [9.17, 15) is 0 Å². The van der Waals surface area contributed by atoms with E-state index in [1.165, 1.54) is 40.3 Å². The summed E-state index contributed by atoms with van der Waals surface area (Å²) >= 11 is 4.46. The van der Waals surface area contributed by atoms with E-state index in [1.54, 1.807) is 0 Å². The summed E-state index contributed by atoms with van der Waals surface area (Å²) in [6, 6.07) is 0. The molecule has 0 saturated heterocycles. The molecule has 0 saturated carbocycles. The molecule has 0 amide bonds. The van der Waals surface area contributed by atoms with Crippen LogP contribution in [0, 0.1) is 0 Å². The molecule has 2 nitrogen and oxygen atoms in total. The van der Waals surface area contributed by atoms with E-state index in [4.69, 9.17) is 0 Å². The molecule has 0 fully saturated rings. The minimum Gasteiger partial charge on any atom is -0.184 e. The van der Waals surface area contributed by atoms with Gasteiger partial charge in [-0.25, -0.2) is 0 Å². The molecule has 0 bridgehead atoms. The standard InChI is InChI=1S/C3HN2S3/c1-2-3(4-6-1)8-5-7-2/h1H. The van der Waals surface area contributed by atoms with Crippen molar-refractivity contribution in [3.05, 3.63) is 5.38 Å². The van der Waals surface area contributed by atoms with Crippen LogP contribution in [-0.4, -0.2) is 4.37 Å². The van der Waals surface area contributed by atoms with Gasteiger partial charge in [-0.2, -0.15) is 4.37 Å². The van der Waals surface area contributed by atoms with Crippen molar-refractivity contribution in [2.45, 2.75) is 9.92 Å². The lowest BCUT2D eigenvalue weighted by molar-refractivity contribution is 1.18. The summed E-state index contributed by atoms with van der Waals surface area (Å²) in [6.45, 7) is 0. The number of aromatic nitrogens is 1. The highest BCUT2D eigenvalue weighted by Crippen LogP contribution is 2.38. The third-order valence-corrected chi connectivity index (χ3v) is 3.38. The first-order chi connectivity index (χ1) is 3.97. The van der Waals surface area contributed by atoms with Crippen LogP contribution in [0.1, 0.15) is 0 Å². The molecule has 0 N–H and O–H groups in total. The van der Waals surface area contributed by atoms with E-state index in [0.717, 1.165) is 5.03 Å². The fraction of sp³-hybridized carbons (Fsp3) is 0. The Labute approximate surface area is 59.5 Å². The minimum absolute atomic E-state index is 1.07. The molecule has 1 aromatic heterocycles. The van der Waals surface area contributed by atoms with E-state index < -0.39 is 0 Å². The van der Waals surface area contributed by atoms with E-state index in [1.807, 2.05) is 5.38 Å². The van der Waals surface area contributed by atoms with Crippen LogP contribution in [0.25, 0.3) is 0 Å². The van der Waals surface area contributed by atoms with Gasteiger partial charge in [-0.3, -0.25) is 0 Å². The summed E-state index contributed by atoms with van der Waals surface area (Å²) in [5.41, 5.74) is 0. The Morgan fingerprint density at radius 2 is 2.38 bits per heavy atom. The largest absolute Gasteiger partial charge is 0.184 e. The lowest BCUT2D eigenvalue weighted by Crippen LogP contribution is -1.63. The lowest BCUT2D eigenvalue weighted by atomic mass is 10.8. The van der Waals surface area contributed by atoms with Gasteiger partial charge in [0, 0.05) is 17.3 Å². The summed E-state index contributed by atoms with van der Waals surface area (Å²) < 4.78 is 8.08. The first kappa shape index (κ1) is 5.10. The Hall–Kier alpha value is 0.290. The van der Waals surface area contributed by atoms with Gasteiger partial charge in [0.15, 0.2) is 0 Å². The zero-order valence-corrected chi connectivity index (χ0v) is 6.15. The molecule has 2 heterocycles. The molecule has 0 spiro atoms. The molecule has 1 radical (unpaired) electrons. The molecule has 1 aromatic rings. The highest BCUT2D eigenvalue weighted by atomic mass is 32.2. The predicted octanol–water partition coefficient (Wildman–Crippen LogP) is 1.78. The number of rotatable bonds is 0. The Kier molecular flexibility index (Phi) is 1.22. The number of hydrogen-bond donors (Lipinski definition) is 0. The molecule has 8 heavy (non-hydrogen) atoms. The predicted molar refractivity (Wildman–Crippen MR) is 36.0 cm³/mol. The van der Waals surface area contributed by atoms with Crippen molar-refractivity contribution in [3.63, 3.8) is 0 Å². The molecule has 5 heteroatoms. The van der Waals surface area contributed by atoms with E-state index >= 15 is 0 Å². The van der Waals surface area contributed by atoms with Crippen molar-refractivity contribution >= 4 is 35.4 Å². The van der Waals surface area contributed by atoms with E-state index in [0.29, 0.717) is 0 Å². The molecule has 0 aliphatic carbocycles. The van der Waals surface area contributed by atoms with E-state index in [-0.39, 0.29) is 0 Å². The quantitative estimate of drug-likeness (QED) is 0.543. The molecule has 1 aliphatic rings. The molecule has 1 aliphatic heterocycles. The second kappa shape index (κ2) is 1.91. The average molecular weight is 161 g/mol. The molecule has 0 unspecified atom stereocenters. The number of hydrogen-bond acceptors (Lipinski definition) is 4. The van der Waals surface area contributed by atoms with Gasteiger partial charge in [0.2, 0.25) is 0 Å². The van der Waals surface area contributed by atoms with Crippen molar-refractivity contribution < 1.29 is 0 Å². The molecule has 2 rings (SSSR count). The summed E-state index contributed by atoms with van der Waals surface area (Å²) in [7, 11) is 0. The Morgan fingerprint density at radius 3 is 3.25 bits per heavy atom. The van der Waals surface area contributed by atoms with Crippen LogP contribution in [0.4, 0.5) is 0 Å². The fourth-order valence-electron chi connectivity index (χ4n) is 0.434. The van der Waals surface area contributed by atoms with Crippen LogP contribution in [0.15, 0.2) is 15.3 Å². The van der Waals surface area contributed by atoms with Crippen LogP contribution in [0.2, 0.25) is 0 Å². The smallest absolute Gasteiger partial charge is 0.142 e. The topological polar surface area (TPSA) is 27.0 Å². The number of nitrogens with zero attached hydrogens (tertiary/aromatic N) is 2. The molecular formula is C3HN2S3. The van der Waals surface area contributed by atoms with Gasteiger partial charge in [-0.05, 0) is 23.5 Å². The van der Waals surface area contributed by atoms with Gasteiger partial charge >= 0.3 is 0 Å². The number of fused-ring (bicyclic) bond motifs is 1. The minimum atomic E-state index is 1.07. The highest BCUT2D eigenvalue weighted by Gasteiger charge is 2.15. The zero-order chi connectivity index (χ0) is 5.40. The molecule has 0 atom stereocenters. The van der Waals surface area contributed by atoms with Gasteiger partial charge in [0.1, 0.15) is 5.03 Å². The van der Waals surface area contributed by atoms with Crippen molar-refractivity contribution in [1.29, 1.82) is 0 Å². The van der Waals surface area contributed by atoms with Gasteiger partial charge in [-0.1, -0.05) is 4.13 Å². The first-order valence-electron chi connectivity index (χ1n) is 1.95. The third-order valence-electron chi connectivity index (χ3n) is 0.765. The Balaban J connectivity index is 2.54. The fourth-order valence-corrected chi connectivity index (χ4v) is 2.83. The highest BCUT2D eigenvalue weighted by molar-refractivity contribution is 8.15. The normalized spacial score (nSPS) is 16.5. The first-order valence-corrected chi connectivity index (χ1v) is 4.34. The maximum absolute atomic E-state index is 4.09. The van der Waals surface area contributed by atoms with E-state index in [2.05, 4.69) is 8.50 Å². The Bertz CT molecular complexity index is 178. The SMILES string of the molecule is c1snc2c1S[N]S2. The van der Waals surface area contributed by atoms with Crippen LogP contribution < -0.4 is 4.13 Å². The van der Waals surface area contributed by atoms with Crippen molar-refractivity contribution in [2.24, 2.45) is 0 Å². The summed E-state index contributed by atoms with van der Waals surface area (Å²) in [4.78, 5) is 1.21. The van der Waals surface area contributed by atoms with Crippen LogP contribution in [0.5, 0.6) is 0 Å². The van der Waals surface area contributed by atoms with Gasteiger partial charge < -0.3 is 0 Å². The molecule has 0 aromatic carbocycles. The second-order valence-electron chi connectivity index (χ2n) is 1.24. The van der Waals surface area contributed by atoms with Crippen LogP contribution in [0.3, 0.4) is 0 Å². The Morgan fingerprint density at radius 1 is 1.38 bits per heavy atom. The van der Waals surface area contributed by atoms with Crippen molar-refractivity contribution in [2.75, 3.05) is 0 Å².